The number of benzene rings is 1. The molecule has 0 bridgehead atoms. The summed E-state index contributed by atoms with van der Waals surface area (Å²) < 4.78 is 0. The SMILES string of the molecule is Nc1ccc(C(=O)O)cc1.[Cu]. The van der Waals surface area contributed by atoms with Gasteiger partial charge >= 0.3 is 5.97 Å². The first-order chi connectivity index (χ1) is 4.70. The minimum atomic E-state index is -0.931. The van der Waals surface area contributed by atoms with Crippen molar-refractivity contribution in [3.8, 4) is 0 Å². The van der Waals surface area contributed by atoms with Crippen molar-refractivity contribution in [3.63, 3.8) is 0 Å². The fourth-order valence-corrected chi connectivity index (χ4v) is 0.626. The number of hydrogen-bond acceptors (Lipinski definition) is 2. The van der Waals surface area contributed by atoms with Crippen molar-refractivity contribution in [1.82, 2.24) is 0 Å². The summed E-state index contributed by atoms with van der Waals surface area (Å²) in [4.78, 5) is 10.3. The van der Waals surface area contributed by atoms with Crippen molar-refractivity contribution < 1.29 is 27.0 Å². The van der Waals surface area contributed by atoms with Crippen LogP contribution in [-0.4, -0.2) is 11.1 Å². The molecule has 0 saturated carbocycles. The first-order valence-electron chi connectivity index (χ1n) is 2.79. The molecule has 0 aromatic heterocycles. The van der Waals surface area contributed by atoms with Gasteiger partial charge in [0.1, 0.15) is 0 Å². The van der Waals surface area contributed by atoms with Gasteiger partial charge < -0.3 is 10.8 Å². The average Bonchev–Trinajstić information content (AvgIpc) is 1.88. The summed E-state index contributed by atoms with van der Waals surface area (Å²) in [6.45, 7) is 0. The molecule has 0 atom stereocenters. The Morgan fingerprint density at radius 2 is 1.73 bits per heavy atom. The maximum absolute atomic E-state index is 10.3. The summed E-state index contributed by atoms with van der Waals surface area (Å²) in [7, 11) is 0. The van der Waals surface area contributed by atoms with E-state index in [0.717, 1.165) is 0 Å². The Morgan fingerprint density at radius 3 is 2.09 bits per heavy atom. The fourth-order valence-electron chi connectivity index (χ4n) is 0.626. The smallest absolute Gasteiger partial charge is 0.335 e. The van der Waals surface area contributed by atoms with Crippen LogP contribution in [0.2, 0.25) is 0 Å². The largest absolute Gasteiger partial charge is 0.478 e. The number of carboxylic acids is 1. The third-order valence-corrected chi connectivity index (χ3v) is 1.16. The second kappa shape index (κ2) is 4.01. The van der Waals surface area contributed by atoms with Crippen LogP contribution in [-0.2, 0) is 17.1 Å². The minimum absolute atomic E-state index is 0. The molecule has 3 nitrogen and oxygen atoms in total. The Bertz CT molecular complexity index is 245. The van der Waals surface area contributed by atoms with E-state index < -0.39 is 5.97 Å². The molecular formula is C7H7CuNO2. The molecule has 0 aliphatic rings. The van der Waals surface area contributed by atoms with Crippen molar-refractivity contribution >= 4 is 11.7 Å². The van der Waals surface area contributed by atoms with Crippen molar-refractivity contribution in [2.75, 3.05) is 5.73 Å². The van der Waals surface area contributed by atoms with Gasteiger partial charge in [0.05, 0.1) is 5.56 Å². The predicted molar refractivity (Wildman–Crippen MR) is 37.8 cm³/mol. The third kappa shape index (κ3) is 2.62. The first-order valence-corrected chi connectivity index (χ1v) is 2.79. The quantitative estimate of drug-likeness (QED) is 0.525. The summed E-state index contributed by atoms with van der Waals surface area (Å²) >= 11 is 0. The Morgan fingerprint density at radius 1 is 1.27 bits per heavy atom. The summed E-state index contributed by atoms with van der Waals surface area (Å²) in [5, 5.41) is 8.43. The molecule has 3 N–H and O–H groups in total. The van der Waals surface area contributed by atoms with E-state index in [0.29, 0.717) is 5.69 Å². The standard InChI is InChI=1S/C7H7NO2.Cu/c8-6-3-1-5(2-4-6)7(9)10;/h1-4H,8H2,(H,9,10);. The van der Waals surface area contributed by atoms with Gasteiger partial charge in [-0.1, -0.05) is 0 Å². The summed E-state index contributed by atoms with van der Waals surface area (Å²) in [5.74, 6) is -0.931. The zero-order valence-corrected chi connectivity index (χ0v) is 6.49. The summed E-state index contributed by atoms with van der Waals surface area (Å²) in [5.41, 5.74) is 6.17. The van der Waals surface area contributed by atoms with Crippen molar-refractivity contribution in [2.24, 2.45) is 0 Å². The maximum Gasteiger partial charge on any atom is 0.335 e. The molecule has 0 aliphatic carbocycles. The molecule has 1 aromatic carbocycles. The van der Waals surface area contributed by atoms with E-state index >= 15 is 0 Å². The average molecular weight is 201 g/mol. The van der Waals surface area contributed by atoms with Gasteiger partial charge in [-0.3, -0.25) is 0 Å². The van der Waals surface area contributed by atoms with Crippen molar-refractivity contribution in [1.29, 1.82) is 0 Å². The second-order valence-electron chi connectivity index (χ2n) is 1.93. The molecule has 0 unspecified atom stereocenters. The number of nitrogen functional groups attached to an aromatic ring is 1. The number of carboxylic acid groups (broad SMARTS) is 1. The van der Waals surface area contributed by atoms with E-state index in [1.165, 1.54) is 12.1 Å². The van der Waals surface area contributed by atoms with Gasteiger partial charge in [0, 0.05) is 22.8 Å². The van der Waals surface area contributed by atoms with E-state index in [4.69, 9.17) is 10.8 Å². The molecule has 11 heavy (non-hydrogen) atoms. The van der Waals surface area contributed by atoms with Gasteiger partial charge in [-0.05, 0) is 24.3 Å². The molecular weight excluding hydrogens is 194 g/mol. The predicted octanol–water partition coefficient (Wildman–Crippen LogP) is 0.965. The monoisotopic (exact) mass is 200 g/mol. The molecule has 4 heteroatoms. The molecule has 1 radical (unpaired) electrons. The van der Waals surface area contributed by atoms with Crippen LogP contribution in [0.25, 0.3) is 0 Å². The van der Waals surface area contributed by atoms with Crippen LogP contribution in [0.5, 0.6) is 0 Å². The second-order valence-corrected chi connectivity index (χ2v) is 1.93. The normalized spacial score (nSPS) is 8.36. The van der Waals surface area contributed by atoms with Crippen molar-refractivity contribution in [3.05, 3.63) is 29.8 Å². The van der Waals surface area contributed by atoms with Gasteiger partial charge in [-0.15, -0.1) is 0 Å². The minimum Gasteiger partial charge on any atom is -0.478 e. The topological polar surface area (TPSA) is 63.3 Å². The number of hydrogen-bond donors (Lipinski definition) is 2. The number of nitrogens with two attached hydrogens (primary N) is 1. The van der Waals surface area contributed by atoms with E-state index in [1.807, 2.05) is 0 Å². The molecule has 0 amide bonds. The maximum atomic E-state index is 10.3. The summed E-state index contributed by atoms with van der Waals surface area (Å²) in [6.07, 6.45) is 0. The molecule has 0 saturated heterocycles. The van der Waals surface area contributed by atoms with Gasteiger partial charge in [0.2, 0.25) is 0 Å². The number of anilines is 1. The van der Waals surface area contributed by atoms with Crippen LogP contribution in [0, 0.1) is 0 Å². The molecule has 1 rings (SSSR count). The molecule has 0 aliphatic heterocycles. The van der Waals surface area contributed by atoms with Crippen LogP contribution >= 0.6 is 0 Å². The number of rotatable bonds is 1. The van der Waals surface area contributed by atoms with Gasteiger partial charge in [-0.2, -0.15) is 0 Å². The van der Waals surface area contributed by atoms with Crippen LogP contribution in [0.4, 0.5) is 5.69 Å². The zero-order valence-electron chi connectivity index (χ0n) is 5.54. The molecule has 0 fully saturated rings. The first kappa shape index (κ1) is 10.0. The Hall–Kier alpha value is -0.991. The Balaban J connectivity index is 0.000001000. The van der Waals surface area contributed by atoms with Crippen LogP contribution in [0.15, 0.2) is 24.3 Å². The molecule has 63 valence electrons. The summed E-state index contributed by atoms with van der Waals surface area (Å²) in [6, 6.07) is 6.06. The van der Waals surface area contributed by atoms with Gasteiger partial charge in [0.15, 0.2) is 0 Å². The van der Waals surface area contributed by atoms with Gasteiger partial charge in [0.25, 0.3) is 0 Å². The van der Waals surface area contributed by atoms with E-state index in [-0.39, 0.29) is 22.6 Å². The number of carbonyl (C=O) groups is 1. The van der Waals surface area contributed by atoms with E-state index in [9.17, 15) is 4.79 Å². The zero-order chi connectivity index (χ0) is 7.56. The Labute approximate surface area is 74.7 Å². The van der Waals surface area contributed by atoms with Gasteiger partial charge in [-0.25, -0.2) is 4.79 Å². The van der Waals surface area contributed by atoms with E-state index in [2.05, 4.69) is 0 Å². The van der Waals surface area contributed by atoms with Crippen LogP contribution < -0.4 is 5.73 Å². The Kier molecular flexibility index (Phi) is 3.65. The fraction of sp³-hybridized carbons (Fsp3) is 0. The molecule has 1 aromatic rings. The number of aromatic carboxylic acids is 1. The third-order valence-electron chi connectivity index (χ3n) is 1.16. The van der Waals surface area contributed by atoms with Crippen LogP contribution in [0.3, 0.4) is 0 Å². The molecule has 0 spiro atoms. The van der Waals surface area contributed by atoms with E-state index in [1.54, 1.807) is 12.1 Å². The van der Waals surface area contributed by atoms with Crippen LogP contribution in [0.1, 0.15) is 10.4 Å². The molecule has 0 heterocycles. The van der Waals surface area contributed by atoms with Crippen molar-refractivity contribution in [2.45, 2.75) is 0 Å².